The monoisotopic (exact) mass is 325 g/mol. The van der Waals surface area contributed by atoms with E-state index in [9.17, 15) is 9.18 Å². The van der Waals surface area contributed by atoms with Gasteiger partial charge in [0.25, 0.3) is 0 Å². The lowest BCUT2D eigenvalue weighted by atomic mass is 10.1. The fourth-order valence-corrected chi connectivity index (χ4v) is 2.11. The predicted molar refractivity (Wildman–Crippen MR) is 81.2 cm³/mol. The summed E-state index contributed by atoms with van der Waals surface area (Å²) in [6.07, 6.45) is 3.47. The van der Waals surface area contributed by atoms with Gasteiger partial charge in [0.1, 0.15) is 5.82 Å². The first-order chi connectivity index (χ1) is 10.7. The van der Waals surface area contributed by atoms with E-state index in [0.717, 1.165) is 0 Å². The molecule has 0 saturated carbocycles. The molecule has 22 heavy (non-hydrogen) atoms. The Hall–Kier alpha value is -1.92. The molecule has 0 aliphatic carbocycles. The smallest absolute Gasteiger partial charge is 0.224 e. The molecule has 1 heterocycles. The number of ether oxygens (including phenoxy) is 1. The number of aromatic nitrogens is 2. The second kappa shape index (κ2) is 8.51. The van der Waals surface area contributed by atoms with Crippen LogP contribution in [0.15, 0.2) is 36.7 Å². The van der Waals surface area contributed by atoms with E-state index in [0.29, 0.717) is 26.3 Å². The summed E-state index contributed by atoms with van der Waals surface area (Å²) >= 11 is 5.87. The Morgan fingerprint density at radius 2 is 2.23 bits per heavy atom. The first-order valence-electron chi connectivity index (χ1n) is 6.91. The highest BCUT2D eigenvalue weighted by molar-refractivity contribution is 6.31. The molecule has 1 amide bonds. The maximum Gasteiger partial charge on any atom is 0.224 e. The zero-order chi connectivity index (χ0) is 15.8. The third kappa shape index (κ3) is 5.13. The van der Waals surface area contributed by atoms with Crippen molar-refractivity contribution < 1.29 is 13.9 Å². The van der Waals surface area contributed by atoms with Crippen LogP contribution in [0.25, 0.3) is 0 Å². The number of rotatable bonds is 8. The molecule has 118 valence electrons. The molecule has 1 N–H and O–H groups in total. The van der Waals surface area contributed by atoms with E-state index < -0.39 is 5.82 Å². The molecule has 0 saturated heterocycles. The lowest BCUT2D eigenvalue weighted by Crippen LogP contribution is -2.29. The summed E-state index contributed by atoms with van der Waals surface area (Å²) in [7, 11) is 0. The van der Waals surface area contributed by atoms with Crippen molar-refractivity contribution in [2.24, 2.45) is 0 Å². The largest absolute Gasteiger partial charge is 0.378 e. The SMILES string of the molecule is O=C(Cc1c(F)cccc1Cl)NCCOCCn1cccn1. The first kappa shape index (κ1) is 16.5. The van der Waals surface area contributed by atoms with Gasteiger partial charge in [-0.1, -0.05) is 17.7 Å². The first-order valence-corrected chi connectivity index (χ1v) is 7.29. The zero-order valence-electron chi connectivity index (χ0n) is 12.0. The summed E-state index contributed by atoms with van der Waals surface area (Å²) in [5, 5.41) is 6.97. The van der Waals surface area contributed by atoms with E-state index in [1.807, 2.05) is 12.3 Å². The van der Waals surface area contributed by atoms with Crippen LogP contribution in [0.1, 0.15) is 5.56 Å². The molecule has 1 aromatic carbocycles. The van der Waals surface area contributed by atoms with Crippen LogP contribution in [-0.2, 0) is 22.5 Å². The second-order valence-electron chi connectivity index (χ2n) is 4.61. The van der Waals surface area contributed by atoms with Crippen LogP contribution in [-0.4, -0.2) is 35.4 Å². The number of carbonyl (C=O) groups excluding carboxylic acids is 1. The van der Waals surface area contributed by atoms with Gasteiger partial charge in [0.05, 0.1) is 26.2 Å². The Kier molecular flexibility index (Phi) is 6.36. The molecular formula is C15H17ClFN3O2. The van der Waals surface area contributed by atoms with Crippen molar-refractivity contribution in [2.45, 2.75) is 13.0 Å². The topological polar surface area (TPSA) is 56.1 Å². The van der Waals surface area contributed by atoms with Crippen molar-refractivity contribution in [2.75, 3.05) is 19.8 Å². The lowest BCUT2D eigenvalue weighted by Gasteiger charge is -2.08. The fraction of sp³-hybridized carbons (Fsp3) is 0.333. The van der Waals surface area contributed by atoms with E-state index in [-0.39, 0.29) is 22.9 Å². The predicted octanol–water partition coefficient (Wildman–Crippen LogP) is 2.05. The van der Waals surface area contributed by atoms with Gasteiger partial charge in [0, 0.05) is 29.5 Å². The van der Waals surface area contributed by atoms with Crippen LogP contribution in [0.2, 0.25) is 5.02 Å². The van der Waals surface area contributed by atoms with Gasteiger partial charge in [0.2, 0.25) is 5.91 Å². The number of carbonyl (C=O) groups is 1. The Morgan fingerprint density at radius 3 is 2.95 bits per heavy atom. The molecule has 0 unspecified atom stereocenters. The standard InChI is InChI=1S/C15H17ClFN3O2/c16-13-3-1-4-14(17)12(13)11-15(21)18-6-9-22-10-8-20-7-2-5-19-20/h1-5,7H,6,8-11H2,(H,18,21). The minimum absolute atomic E-state index is 0.0845. The Labute approximate surface area is 133 Å². The van der Waals surface area contributed by atoms with Crippen molar-refractivity contribution in [3.8, 4) is 0 Å². The average molecular weight is 326 g/mol. The molecule has 0 bridgehead atoms. The number of amides is 1. The van der Waals surface area contributed by atoms with Crippen molar-refractivity contribution >= 4 is 17.5 Å². The minimum Gasteiger partial charge on any atom is -0.378 e. The van der Waals surface area contributed by atoms with Gasteiger partial charge < -0.3 is 10.1 Å². The van der Waals surface area contributed by atoms with E-state index in [4.69, 9.17) is 16.3 Å². The van der Waals surface area contributed by atoms with Crippen molar-refractivity contribution in [3.05, 3.63) is 53.1 Å². The van der Waals surface area contributed by atoms with E-state index in [2.05, 4.69) is 10.4 Å². The maximum atomic E-state index is 13.5. The van der Waals surface area contributed by atoms with Gasteiger partial charge in [-0.05, 0) is 18.2 Å². The Balaban J connectivity index is 1.62. The van der Waals surface area contributed by atoms with Crippen molar-refractivity contribution in [1.82, 2.24) is 15.1 Å². The van der Waals surface area contributed by atoms with Crippen molar-refractivity contribution in [1.29, 1.82) is 0 Å². The zero-order valence-corrected chi connectivity index (χ0v) is 12.7. The average Bonchev–Trinajstić information content (AvgIpc) is 3.00. The highest BCUT2D eigenvalue weighted by Gasteiger charge is 2.11. The summed E-state index contributed by atoms with van der Waals surface area (Å²) in [6, 6.07) is 6.19. The number of hydrogen-bond acceptors (Lipinski definition) is 3. The third-order valence-electron chi connectivity index (χ3n) is 2.99. The molecule has 0 radical (unpaired) electrons. The van der Waals surface area contributed by atoms with Crippen molar-refractivity contribution in [3.63, 3.8) is 0 Å². The quantitative estimate of drug-likeness (QED) is 0.756. The Bertz CT molecular complexity index is 585. The maximum absolute atomic E-state index is 13.5. The van der Waals surface area contributed by atoms with E-state index in [1.54, 1.807) is 16.9 Å². The summed E-state index contributed by atoms with van der Waals surface area (Å²) in [6.45, 7) is 1.92. The molecular weight excluding hydrogens is 309 g/mol. The summed E-state index contributed by atoms with van der Waals surface area (Å²) in [4.78, 5) is 11.7. The normalized spacial score (nSPS) is 10.6. The third-order valence-corrected chi connectivity index (χ3v) is 3.35. The molecule has 2 aromatic rings. The van der Waals surface area contributed by atoms with Gasteiger partial charge in [-0.15, -0.1) is 0 Å². The molecule has 0 aliphatic heterocycles. The molecule has 0 fully saturated rings. The molecule has 1 aromatic heterocycles. The second-order valence-corrected chi connectivity index (χ2v) is 5.02. The molecule has 0 spiro atoms. The highest BCUT2D eigenvalue weighted by atomic mass is 35.5. The summed E-state index contributed by atoms with van der Waals surface area (Å²) < 4.78 is 20.7. The molecule has 2 rings (SSSR count). The molecule has 5 nitrogen and oxygen atoms in total. The van der Waals surface area contributed by atoms with Crippen LogP contribution in [0.4, 0.5) is 4.39 Å². The van der Waals surface area contributed by atoms with Gasteiger partial charge >= 0.3 is 0 Å². The molecule has 0 atom stereocenters. The van der Waals surface area contributed by atoms with Crippen LogP contribution < -0.4 is 5.32 Å². The number of nitrogens with one attached hydrogen (secondary N) is 1. The number of halogens is 2. The molecule has 7 heteroatoms. The molecule has 0 aliphatic rings. The van der Waals surface area contributed by atoms with E-state index in [1.165, 1.54) is 12.1 Å². The number of benzene rings is 1. The Morgan fingerprint density at radius 1 is 1.36 bits per heavy atom. The van der Waals surface area contributed by atoms with Gasteiger partial charge in [-0.25, -0.2) is 4.39 Å². The van der Waals surface area contributed by atoms with Gasteiger partial charge in [-0.3, -0.25) is 9.48 Å². The van der Waals surface area contributed by atoms with Crippen LogP contribution >= 0.6 is 11.6 Å². The summed E-state index contributed by atoms with van der Waals surface area (Å²) in [5.41, 5.74) is 0.210. The van der Waals surface area contributed by atoms with E-state index >= 15 is 0 Å². The fourth-order valence-electron chi connectivity index (χ4n) is 1.88. The summed E-state index contributed by atoms with van der Waals surface area (Å²) in [5.74, 6) is -0.763. The van der Waals surface area contributed by atoms with Gasteiger partial charge in [0.15, 0.2) is 0 Å². The lowest BCUT2D eigenvalue weighted by molar-refractivity contribution is -0.120. The van der Waals surface area contributed by atoms with Gasteiger partial charge in [-0.2, -0.15) is 5.10 Å². The van der Waals surface area contributed by atoms with Crippen LogP contribution in [0, 0.1) is 5.82 Å². The van der Waals surface area contributed by atoms with Crippen LogP contribution in [0.5, 0.6) is 0 Å². The highest BCUT2D eigenvalue weighted by Crippen LogP contribution is 2.19. The number of hydrogen-bond donors (Lipinski definition) is 1. The minimum atomic E-state index is -0.474. The van der Waals surface area contributed by atoms with Crippen LogP contribution in [0.3, 0.4) is 0 Å². The number of nitrogens with zero attached hydrogens (tertiary/aromatic N) is 2.